The third-order valence-corrected chi connectivity index (χ3v) is 5.85. The van der Waals surface area contributed by atoms with Crippen LogP contribution >= 0.6 is 11.8 Å². The lowest BCUT2D eigenvalue weighted by Gasteiger charge is -2.41. The predicted octanol–water partition coefficient (Wildman–Crippen LogP) is 3.11. The zero-order chi connectivity index (χ0) is 17.6. The minimum absolute atomic E-state index is 0.0371. The quantitative estimate of drug-likeness (QED) is 0.731. The number of thioether (sulfide) groups is 1. The summed E-state index contributed by atoms with van der Waals surface area (Å²) < 4.78 is 0. The zero-order valence-corrected chi connectivity index (χ0v) is 15.8. The van der Waals surface area contributed by atoms with E-state index < -0.39 is 0 Å². The minimum Gasteiger partial charge on any atom is -0.396 e. The maximum absolute atomic E-state index is 12.6. The second-order valence-corrected chi connectivity index (χ2v) is 8.28. The van der Waals surface area contributed by atoms with Crippen molar-refractivity contribution < 1.29 is 9.90 Å². The van der Waals surface area contributed by atoms with Crippen molar-refractivity contribution in [1.29, 1.82) is 0 Å². The van der Waals surface area contributed by atoms with Crippen LogP contribution in [0.4, 0.5) is 10.5 Å². The van der Waals surface area contributed by atoms with E-state index in [9.17, 15) is 9.90 Å². The van der Waals surface area contributed by atoms with Crippen molar-refractivity contribution in [2.45, 2.75) is 37.1 Å². The molecule has 1 aliphatic carbocycles. The highest BCUT2D eigenvalue weighted by Gasteiger charge is 2.33. The highest BCUT2D eigenvalue weighted by atomic mass is 32.2. The molecule has 0 bridgehead atoms. The first-order valence-corrected chi connectivity index (χ1v) is 10.3. The normalized spacial score (nSPS) is 21.4. The molecule has 6 heteroatoms. The van der Waals surface area contributed by atoms with Crippen LogP contribution in [0.5, 0.6) is 0 Å². The number of hydrogen-bond acceptors (Lipinski definition) is 4. The average molecular weight is 364 g/mol. The van der Waals surface area contributed by atoms with Crippen LogP contribution in [0.1, 0.15) is 26.2 Å². The molecule has 138 valence electrons. The molecule has 3 rings (SSSR count). The fourth-order valence-corrected chi connectivity index (χ4v) is 4.04. The molecule has 1 unspecified atom stereocenters. The molecule has 2 N–H and O–H groups in total. The molecule has 0 aromatic heterocycles. The van der Waals surface area contributed by atoms with E-state index in [0.717, 1.165) is 43.4 Å². The lowest BCUT2D eigenvalue weighted by molar-refractivity contribution is 0.0739. The Labute approximate surface area is 154 Å². The van der Waals surface area contributed by atoms with Gasteiger partial charge in [0.05, 0.1) is 0 Å². The van der Waals surface area contributed by atoms with E-state index in [1.165, 1.54) is 17.7 Å². The maximum atomic E-state index is 12.6. The van der Waals surface area contributed by atoms with Crippen molar-refractivity contribution in [1.82, 2.24) is 9.80 Å². The van der Waals surface area contributed by atoms with Gasteiger partial charge in [-0.1, -0.05) is 6.92 Å². The molecule has 1 saturated carbocycles. The summed E-state index contributed by atoms with van der Waals surface area (Å²) in [5.41, 5.74) is 0.838. The van der Waals surface area contributed by atoms with E-state index in [1.54, 1.807) is 11.8 Å². The number of aliphatic hydroxyl groups excluding tert-OH is 1. The first-order chi connectivity index (χ1) is 12.2. The van der Waals surface area contributed by atoms with Gasteiger partial charge in [0.15, 0.2) is 0 Å². The van der Waals surface area contributed by atoms with Crippen LogP contribution in [0.15, 0.2) is 29.2 Å². The van der Waals surface area contributed by atoms with Crippen LogP contribution < -0.4 is 5.32 Å². The number of anilines is 1. The summed E-state index contributed by atoms with van der Waals surface area (Å²) in [7, 11) is 0. The Hall–Kier alpha value is -1.24. The maximum Gasteiger partial charge on any atom is 0.321 e. The van der Waals surface area contributed by atoms with Crippen molar-refractivity contribution in [3.63, 3.8) is 0 Å². The van der Waals surface area contributed by atoms with E-state index >= 15 is 0 Å². The second-order valence-electron chi connectivity index (χ2n) is 6.94. The standard InChI is InChI=1S/C19H29N3O2S/c1-2-25-18-7-5-16(6-8-18)20-19(24)22-11-10-21(13-15-3-4-15)17(14-22)9-12-23/h5-8,15,17,23H,2-4,9-14H2,1H3,(H,20,24). The number of nitrogens with zero attached hydrogens (tertiary/aromatic N) is 2. The number of carbonyl (C=O) groups excluding carboxylic acids is 1. The van der Waals surface area contributed by atoms with Gasteiger partial charge in [-0.05, 0) is 55.2 Å². The topological polar surface area (TPSA) is 55.8 Å². The van der Waals surface area contributed by atoms with Crippen LogP contribution in [-0.2, 0) is 0 Å². The molecular weight excluding hydrogens is 334 g/mol. The highest BCUT2D eigenvalue weighted by Crippen LogP contribution is 2.31. The van der Waals surface area contributed by atoms with Gasteiger partial charge in [-0.25, -0.2) is 4.79 Å². The molecule has 5 nitrogen and oxygen atoms in total. The lowest BCUT2D eigenvalue weighted by atomic mass is 10.1. The Bertz CT molecular complexity index is 562. The average Bonchev–Trinajstić information content (AvgIpc) is 3.43. The van der Waals surface area contributed by atoms with E-state index in [0.29, 0.717) is 6.54 Å². The summed E-state index contributed by atoms with van der Waals surface area (Å²) in [4.78, 5) is 18.2. The van der Waals surface area contributed by atoms with Crippen molar-refractivity contribution >= 4 is 23.5 Å². The molecule has 1 aliphatic heterocycles. The molecule has 0 radical (unpaired) electrons. The number of urea groups is 1. The molecule has 2 amide bonds. The van der Waals surface area contributed by atoms with Crippen molar-refractivity contribution in [2.75, 3.05) is 43.9 Å². The molecule has 1 heterocycles. The molecule has 1 saturated heterocycles. The van der Waals surface area contributed by atoms with Crippen LogP contribution in [-0.4, -0.2) is 65.5 Å². The van der Waals surface area contributed by atoms with Gasteiger partial charge in [0.1, 0.15) is 0 Å². The number of rotatable bonds is 7. The molecule has 0 spiro atoms. The van der Waals surface area contributed by atoms with Gasteiger partial charge in [0, 0.05) is 49.4 Å². The number of benzene rings is 1. The third-order valence-electron chi connectivity index (χ3n) is 4.96. The van der Waals surface area contributed by atoms with Crippen LogP contribution in [0, 0.1) is 5.92 Å². The molecular formula is C19H29N3O2S. The number of amides is 2. The Morgan fingerprint density at radius 3 is 2.68 bits per heavy atom. The summed E-state index contributed by atoms with van der Waals surface area (Å²) in [5, 5.41) is 12.4. The molecule has 1 aromatic rings. The van der Waals surface area contributed by atoms with Crippen LogP contribution in [0.2, 0.25) is 0 Å². The SMILES string of the molecule is CCSc1ccc(NC(=O)N2CCN(CC3CC3)C(CCO)C2)cc1. The molecule has 25 heavy (non-hydrogen) atoms. The third kappa shape index (κ3) is 5.36. The van der Waals surface area contributed by atoms with Gasteiger partial charge in [0.2, 0.25) is 0 Å². The van der Waals surface area contributed by atoms with E-state index in [4.69, 9.17) is 0 Å². The lowest BCUT2D eigenvalue weighted by Crippen LogP contribution is -2.56. The smallest absolute Gasteiger partial charge is 0.321 e. The van der Waals surface area contributed by atoms with Gasteiger partial charge >= 0.3 is 6.03 Å². The highest BCUT2D eigenvalue weighted by molar-refractivity contribution is 7.99. The van der Waals surface area contributed by atoms with Gasteiger partial charge < -0.3 is 15.3 Å². The van der Waals surface area contributed by atoms with Crippen LogP contribution in [0.25, 0.3) is 0 Å². The molecule has 2 fully saturated rings. The fraction of sp³-hybridized carbons (Fsp3) is 0.632. The first-order valence-electron chi connectivity index (χ1n) is 9.33. The van der Waals surface area contributed by atoms with Crippen molar-refractivity contribution in [3.05, 3.63) is 24.3 Å². The van der Waals surface area contributed by atoms with Gasteiger partial charge in [-0.15, -0.1) is 11.8 Å². The summed E-state index contributed by atoms with van der Waals surface area (Å²) in [6.45, 7) is 5.79. The summed E-state index contributed by atoms with van der Waals surface area (Å²) >= 11 is 1.79. The Morgan fingerprint density at radius 1 is 1.28 bits per heavy atom. The van der Waals surface area contributed by atoms with Gasteiger partial charge in [0.25, 0.3) is 0 Å². The predicted molar refractivity (Wildman–Crippen MR) is 103 cm³/mol. The first kappa shape index (κ1) is 18.5. The molecule has 1 atom stereocenters. The number of piperazine rings is 1. The number of carbonyl (C=O) groups is 1. The summed E-state index contributed by atoms with van der Waals surface area (Å²) in [6, 6.07) is 8.26. The van der Waals surface area contributed by atoms with Crippen molar-refractivity contribution in [3.8, 4) is 0 Å². The minimum atomic E-state index is -0.0371. The van der Waals surface area contributed by atoms with Gasteiger partial charge in [-0.3, -0.25) is 4.90 Å². The van der Waals surface area contributed by atoms with E-state index in [2.05, 4.69) is 17.1 Å². The molecule has 1 aromatic carbocycles. The monoisotopic (exact) mass is 363 g/mol. The van der Waals surface area contributed by atoms with E-state index in [1.807, 2.05) is 29.2 Å². The number of aliphatic hydroxyl groups is 1. The Morgan fingerprint density at radius 2 is 2.04 bits per heavy atom. The Kier molecular flexibility index (Phi) is 6.62. The fourth-order valence-electron chi connectivity index (χ4n) is 3.38. The second kappa shape index (κ2) is 8.92. The van der Waals surface area contributed by atoms with Gasteiger partial charge in [-0.2, -0.15) is 0 Å². The summed E-state index contributed by atoms with van der Waals surface area (Å²) in [5.74, 6) is 1.88. The largest absolute Gasteiger partial charge is 0.396 e. The Balaban J connectivity index is 1.54. The number of nitrogens with one attached hydrogen (secondary N) is 1. The van der Waals surface area contributed by atoms with Crippen molar-refractivity contribution in [2.24, 2.45) is 5.92 Å². The number of hydrogen-bond donors (Lipinski definition) is 2. The molecule has 2 aliphatic rings. The zero-order valence-electron chi connectivity index (χ0n) is 15.0. The van der Waals surface area contributed by atoms with E-state index in [-0.39, 0.29) is 18.7 Å². The summed E-state index contributed by atoms with van der Waals surface area (Å²) in [6.07, 6.45) is 3.40. The van der Waals surface area contributed by atoms with Crippen LogP contribution in [0.3, 0.4) is 0 Å².